The highest BCUT2D eigenvalue weighted by atomic mass is 19.3. The van der Waals surface area contributed by atoms with E-state index in [0.717, 1.165) is 0 Å². The molecule has 0 aliphatic carbocycles. The van der Waals surface area contributed by atoms with Crippen LogP contribution in [0.1, 0.15) is 27.6 Å². The molecule has 0 saturated carbocycles. The van der Waals surface area contributed by atoms with Crippen molar-refractivity contribution in [3.05, 3.63) is 59.7 Å². The average molecular weight is 363 g/mol. The molecule has 136 valence electrons. The standard InChI is InChI=1S/C18H15F2NO5/c1-11(22)12-6-8-13(9-7-12)21-16(23)10-25-17(24)14-4-2-3-5-15(14)26-18(19)20/h2-9,18H,10H2,1H3,(H,21,23). The molecule has 2 aromatic carbocycles. The van der Waals surface area contributed by atoms with Crippen molar-refractivity contribution >= 4 is 23.3 Å². The van der Waals surface area contributed by atoms with Crippen LogP contribution in [0, 0.1) is 0 Å². The lowest BCUT2D eigenvalue weighted by Gasteiger charge is -2.10. The predicted molar refractivity (Wildman–Crippen MR) is 88.4 cm³/mol. The summed E-state index contributed by atoms with van der Waals surface area (Å²) in [6.07, 6.45) is 0. The van der Waals surface area contributed by atoms with Gasteiger partial charge in [0.2, 0.25) is 0 Å². The van der Waals surface area contributed by atoms with Crippen LogP contribution in [0.15, 0.2) is 48.5 Å². The van der Waals surface area contributed by atoms with E-state index in [1.807, 2.05) is 0 Å². The van der Waals surface area contributed by atoms with Gasteiger partial charge < -0.3 is 14.8 Å². The molecule has 1 N–H and O–H groups in total. The number of carbonyl (C=O) groups excluding carboxylic acids is 3. The average Bonchev–Trinajstić information content (AvgIpc) is 2.60. The van der Waals surface area contributed by atoms with Gasteiger partial charge in [0.25, 0.3) is 5.91 Å². The third kappa shape index (κ3) is 5.37. The second kappa shape index (κ2) is 8.70. The summed E-state index contributed by atoms with van der Waals surface area (Å²) < 4.78 is 33.7. The van der Waals surface area contributed by atoms with E-state index >= 15 is 0 Å². The molecule has 6 nitrogen and oxygen atoms in total. The first-order valence-electron chi connectivity index (χ1n) is 7.48. The molecule has 2 aromatic rings. The summed E-state index contributed by atoms with van der Waals surface area (Å²) in [5, 5.41) is 2.48. The molecule has 0 aliphatic rings. The van der Waals surface area contributed by atoms with Crippen LogP contribution < -0.4 is 10.1 Å². The van der Waals surface area contributed by atoms with Gasteiger partial charge in [-0.15, -0.1) is 0 Å². The van der Waals surface area contributed by atoms with Crippen molar-refractivity contribution in [1.29, 1.82) is 0 Å². The fourth-order valence-electron chi connectivity index (χ4n) is 2.03. The van der Waals surface area contributed by atoms with E-state index in [2.05, 4.69) is 10.1 Å². The van der Waals surface area contributed by atoms with E-state index in [1.54, 1.807) is 12.1 Å². The van der Waals surface area contributed by atoms with Gasteiger partial charge in [-0.1, -0.05) is 12.1 Å². The van der Waals surface area contributed by atoms with Gasteiger partial charge in [-0.2, -0.15) is 8.78 Å². The highest BCUT2D eigenvalue weighted by molar-refractivity contribution is 5.97. The Balaban J connectivity index is 1.93. The van der Waals surface area contributed by atoms with Crippen LogP contribution in [0.2, 0.25) is 0 Å². The lowest BCUT2D eigenvalue weighted by molar-refractivity contribution is -0.119. The number of ketones is 1. The van der Waals surface area contributed by atoms with Crippen molar-refractivity contribution < 1.29 is 32.6 Å². The number of para-hydroxylation sites is 1. The van der Waals surface area contributed by atoms with Crippen LogP contribution in [0.4, 0.5) is 14.5 Å². The van der Waals surface area contributed by atoms with Gasteiger partial charge in [-0.3, -0.25) is 9.59 Å². The number of ether oxygens (including phenoxy) is 2. The maximum absolute atomic E-state index is 12.3. The molecule has 26 heavy (non-hydrogen) atoms. The number of nitrogens with one attached hydrogen (secondary N) is 1. The quantitative estimate of drug-likeness (QED) is 0.603. The molecule has 2 rings (SSSR count). The lowest BCUT2D eigenvalue weighted by atomic mass is 10.1. The van der Waals surface area contributed by atoms with Gasteiger partial charge in [0.05, 0.1) is 0 Å². The molecule has 8 heteroatoms. The van der Waals surface area contributed by atoms with Crippen molar-refractivity contribution in [1.82, 2.24) is 0 Å². The molecular formula is C18H15F2NO5. The molecule has 0 spiro atoms. The van der Waals surface area contributed by atoms with Crippen molar-refractivity contribution in [2.75, 3.05) is 11.9 Å². The molecule has 0 aliphatic heterocycles. The maximum Gasteiger partial charge on any atom is 0.387 e. The van der Waals surface area contributed by atoms with Crippen molar-refractivity contribution in [2.24, 2.45) is 0 Å². The number of carbonyl (C=O) groups is 3. The van der Waals surface area contributed by atoms with Gasteiger partial charge in [-0.05, 0) is 43.3 Å². The van der Waals surface area contributed by atoms with Gasteiger partial charge >= 0.3 is 12.6 Å². The second-order valence-electron chi connectivity index (χ2n) is 5.13. The van der Waals surface area contributed by atoms with E-state index < -0.39 is 25.1 Å². The summed E-state index contributed by atoms with van der Waals surface area (Å²) in [5.74, 6) is -2.04. The molecule has 0 unspecified atom stereocenters. The zero-order valence-electron chi connectivity index (χ0n) is 13.7. The Morgan fingerprint density at radius 2 is 1.69 bits per heavy atom. The Bertz CT molecular complexity index is 805. The summed E-state index contributed by atoms with van der Waals surface area (Å²) in [6, 6.07) is 11.5. The Hall–Kier alpha value is -3.29. The monoisotopic (exact) mass is 363 g/mol. The highest BCUT2D eigenvalue weighted by Crippen LogP contribution is 2.21. The van der Waals surface area contributed by atoms with E-state index in [-0.39, 0.29) is 17.1 Å². The fraction of sp³-hybridized carbons (Fsp3) is 0.167. The molecule has 1 amide bonds. The van der Waals surface area contributed by atoms with Crippen LogP contribution in [-0.4, -0.2) is 30.9 Å². The molecule has 0 bridgehead atoms. The molecule has 0 radical (unpaired) electrons. The summed E-state index contributed by atoms with van der Waals surface area (Å²) in [7, 11) is 0. The van der Waals surface area contributed by atoms with Crippen molar-refractivity contribution in [2.45, 2.75) is 13.5 Å². The first-order valence-corrected chi connectivity index (χ1v) is 7.48. The largest absolute Gasteiger partial charge is 0.452 e. The second-order valence-corrected chi connectivity index (χ2v) is 5.13. The minimum absolute atomic E-state index is 0.110. The lowest BCUT2D eigenvalue weighted by Crippen LogP contribution is -2.21. The number of Topliss-reactive ketones (excluding diaryl/α,β-unsaturated/α-hetero) is 1. The van der Waals surface area contributed by atoms with Crippen LogP contribution in [-0.2, 0) is 9.53 Å². The van der Waals surface area contributed by atoms with Crippen LogP contribution in [0.25, 0.3) is 0 Å². The first kappa shape index (κ1) is 19.0. The zero-order chi connectivity index (χ0) is 19.1. The minimum atomic E-state index is -3.09. The smallest absolute Gasteiger partial charge is 0.387 e. The number of amides is 1. The maximum atomic E-state index is 12.3. The fourth-order valence-corrected chi connectivity index (χ4v) is 2.03. The summed E-state index contributed by atoms with van der Waals surface area (Å²) in [4.78, 5) is 35.0. The number of hydrogen-bond donors (Lipinski definition) is 1. The summed E-state index contributed by atoms with van der Waals surface area (Å²) in [5.41, 5.74) is 0.689. The number of anilines is 1. The normalized spacial score (nSPS) is 10.3. The number of benzene rings is 2. The minimum Gasteiger partial charge on any atom is -0.452 e. The molecule has 0 heterocycles. The highest BCUT2D eigenvalue weighted by Gasteiger charge is 2.17. The third-order valence-corrected chi connectivity index (χ3v) is 3.23. The zero-order valence-corrected chi connectivity index (χ0v) is 13.7. The predicted octanol–water partition coefficient (Wildman–Crippen LogP) is 3.29. The molecular weight excluding hydrogens is 348 g/mol. The number of esters is 1. The van der Waals surface area contributed by atoms with Crippen LogP contribution in [0.3, 0.4) is 0 Å². The summed E-state index contributed by atoms with van der Waals surface area (Å²) in [6.45, 7) is -2.29. The summed E-state index contributed by atoms with van der Waals surface area (Å²) >= 11 is 0. The third-order valence-electron chi connectivity index (χ3n) is 3.23. The van der Waals surface area contributed by atoms with Crippen LogP contribution in [0.5, 0.6) is 5.75 Å². The molecule has 0 saturated heterocycles. The number of hydrogen-bond acceptors (Lipinski definition) is 5. The van der Waals surface area contributed by atoms with Crippen LogP contribution >= 0.6 is 0 Å². The van der Waals surface area contributed by atoms with E-state index in [4.69, 9.17) is 4.74 Å². The van der Waals surface area contributed by atoms with E-state index in [0.29, 0.717) is 11.3 Å². The van der Waals surface area contributed by atoms with Gasteiger partial charge in [-0.25, -0.2) is 4.79 Å². The topological polar surface area (TPSA) is 81.7 Å². The van der Waals surface area contributed by atoms with E-state index in [1.165, 1.54) is 43.3 Å². The number of halogens is 2. The van der Waals surface area contributed by atoms with Gasteiger partial charge in [0.15, 0.2) is 12.4 Å². The molecule has 0 fully saturated rings. The molecule has 0 aromatic heterocycles. The molecule has 0 atom stereocenters. The Labute approximate surface area is 147 Å². The Kier molecular flexibility index (Phi) is 6.37. The SMILES string of the molecule is CC(=O)c1ccc(NC(=O)COC(=O)c2ccccc2OC(F)F)cc1. The number of alkyl halides is 2. The first-order chi connectivity index (χ1) is 12.4. The Morgan fingerprint density at radius 3 is 2.31 bits per heavy atom. The van der Waals surface area contributed by atoms with Crippen molar-refractivity contribution in [3.8, 4) is 5.75 Å². The van der Waals surface area contributed by atoms with Gasteiger partial charge in [0.1, 0.15) is 11.3 Å². The van der Waals surface area contributed by atoms with Crippen molar-refractivity contribution in [3.63, 3.8) is 0 Å². The number of rotatable bonds is 7. The van der Waals surface area contributed by atoms with E-state index in [9.17, 15) is 23.2 Å². The Morgan fingerprint density at radius 1 is 1.04 bits per heavy atom. The van der Waals surface area contributed by atoms with Gasteiger partial charge in [0, 0.05) is 11.3 Å².